The molecule has 126 valence electrons. The molecule has 5 aliphatic carbocycles. The molecule has 0 bridgehead atoms. The highest BCUT2D eigenvalue weighted by Gasteiger charge is 2.79. The molecule has 5 saturated carbocycles. The van der Waals surface area contributed by atoms with Crippen molar-refractivity contribution >= 4 is 11.6 Å². The summed E-state index contributed by atoms with van der Waals surface area (Å²) in [6.07, 6.45) is 11.9. The monoisotopic (exact) mass is 314 g/mol. The largest absolute Gasteiger partial charge is 0.300 e. The maximum atomic E-state index is 12.2. The molecule has 0 N–H and O–H groups in total. The molecule has 2 nitrogen and oxygen atoms in total. The zero-order chi connectivity index (χ0) is 16.0. The number of hydrogen-bond donors (Lipinski definition) is 0. The fourth-order valence-electron chi connectivity index (χ4n) is 8.58. The molecule has 7 unspecified atom stereocenters. The van der Waals surface area contributed by atoms with E-state index in [9.17, 15) is 9.59 Å². The Morgan fingerprint density at radius 2 is 1.78 bits per heavy atom. The number of fused-ring (bicyclic) bond motifs is 3. The van der Waals surface area contributed by atoms with Gasteiger partial charge in [0.05, 0.1) is 0 Å². The van der Waals surface area contributed by atoms with Crippen molar-refractivity contribution in [2.45, 2.75) is 78.1 Å². The van der Waals surface area contributed by atoms with Crippen LogP contribution < -0.4 is 0 Å². The molecule has 0 aromatic rings. The molecule has 0 heterocycles. The van der Waals surface area contributed by atoms with Crippen LogP contribution >= 0.6 is 0 Å². The van der Waals surface area contributed by atoms with Crippen molar-refractivity contribution < 1.29 is 9.59 Å². The predicted molar refractivity (Wildman–Crippen MR) is 88.8 cm³/mol. The molecule has 5 rings (SSSR count). The first-order valence-electron chi connectivity index (χ1n) is 9.95. The second kappa shape index (κ2) is 4.29. The van der Waals surface area contributed by atoms with Crippen molar-refractivity contribution in [1.82, 2.24) is 0 Å². The molecule has 0 spiro atoms. The van der Waals surface area contributed by atoms with Crippen molar-refractivity contribution in [1.29, 1.82) is 0 Å². The van der Waals surface area contributed by atoms with Gasteiger partial charge in [-0.2, -0.15) is 0 Å². The lowest BCUT2D eigenvalue weighted by Crippen LogP contribution is -2.51. The van der Waals surface area contributed by atoms with Gasteiger partial charge in [0.1, 0.15) is 11.6 Å². The van der Waals surface area contributed by atoms with Gasteiger partial charge in [-0.15, -0.1) is 0 Å². The Balaban J connectivity index is 1.48. The van der Waals surface area contributed by atoms with Crippen molar-refractivity contribution in [3.63, 3.8) is 0 Å². The number of carbonyl (C=O) groups excluding carboxylic acids is 2. The van der Waals surface area contributed by atoms with E-state index in [1.54, 1.807) is 0 Å². The van der Waals surface area contributed by atoms with Gasteiger partial charge in [0, 0.05) is 18.8 Å². The summed E-state index contributed by atoms with van der Waals surface area (Å²) in [6.45, 7) is 4.36. The number of ketones is 2. The van der Waals surface area contributed by atoms with E-state index in [0.29, 0.717) is 39.6 Å². The fraction of sp³-hybridized carbons (Fsp3) is 0.905. The van der Waals surface area contributed by atoms with Crippen molar-refractivity contribution in [3.8, 4) is 0 Å². The average Bonchev–Trinajstić information content (AvgIpc) is 3.07. The second-order valence-electron chi connectivity index (χ2n) is 9.97. The summed E-state index contributed by atoms with van der Waals surface area (Å²) in [5.41, 5.74) is 1.35. The van der Waals surface area contributed by atoms with Gasteiger partial charge in [-0.05, 0) is 92.3 Å². The zero-order valence-electron chi connectivity index (χ0n) is 14.7. The summed E-state index contributed by atoms with van der Waals surface area (Å²) in [4.78, 5) is 24.1. The first kappa shape index (κ1) is 14.7. The van der Waals surface area contributed by atoms with E-state index in [1.165, 1.54) is 38.5 Å². The minimum Gasteiger partial charge on any atom is -0.300 e. The lowest BCUT2D eigenvalue weighted by Gasteiger charge is -2.58. The van der Waals surface area contributed by atoms with Crippen LogP contribution in [0.2, 0.25) is 0 Å². The molecule has 7 atom stereocenters. The van der Waals surface area contributed by atoms with E-state index in [1.807, 2.05) is 6.92 Å². The molecule has 5 aliphatic rings. The molecule has 5 fully saturated rings. The Morgan fingerprint density at radius 1 is 1.00 bits per heavy atom. The third-order valence-electron chi connectivity index (χ3n) is 9.65. The van der Waals surface area contributed by atoms with Gasteiger partial charge in [-0.3, -0.25) is 9.59 Å². The van der Waals surface area contributed by atoms with Crippen molar-refractivity contribution in [2.24, 2.45) is 39.9 Å². The number of hydrogen-bond acceptors (Lipinski definition) is 2. The smallest absolute Gasteiger partial charge is 0.133 e. The Hall–Kier alpha value is -0.660. The van der Waals surface area contributed by atoms with Gasteiger partial charge < -0.3 is 0 Å². The molecule has 0 saturated heterocycles. The van der Waals surface area contributed by atoms with Crippen LogP contribution in [-0.4, -0.2) is 11.6 Å². The van der Waals surface area contributed by atoms with Crippen LogP contribution in [0.15, 0.2) is 0 Å². The fourth-order valence-corrected chi connectivity index (χ4v) is 8.58. The Morgan fingerprint density at radius 3 is 2.57 bits per heavy atom. The Labute approximate surface area is 139 Å². The van der Waals surface area contributed by atoms with Crippen LogP contribution in [0.3, 0.4) is 0 Å². The first-order valence-corrected chi connectivity index (χ1v) is 9.95. The van der Waals surface area contributed by atoms with Crippen LogP contribution in [-0.2, 0) is 9.59 Å². The molecule has 23 heavy (non-hydrogen) atoms. The summed E-state index contributed by atoms with van der Waals surface area (Å²) in [5, 5.41) is 0. The number of carbonyl (C=O) groups is 2. The van der Waals surface area contributed by atoms with Gasteiger partial charge in [0.2, 0.25) is 0 Å². The quantitative estimate of drug-likeness (QED) is 0.711. The number of rotatable bonds is 1. The molecular formula is C21H30O2. The van der Waals surface area contributed by atoms with Gasteiger partial charge in [0.15, 0.2) is 0 Å². The van der Waals surface area contributed by atoms with E-state index in [-0.39, 0.29) is 0 Å². The number of Topliss-reactive ketones (excluding diaryl/α,β-unsaturated/α-hetero) is 2. The Kier molecular flexibility index (Phi) is 2.74. The third kappa shape index (κ3) is 1.57. The van der Waals surface area contributed by atoms with Crippen LogP contribution in [0.5, 0.6) is 0 Å². The highest BCUT2D eigenvalue weighted by atomic mass is 16.1. The third-order valence-corrected chi connectivity index (χ3v) is 9.65. The van der Waals surface area contributed by atoms with Crippen LogP contribution in [0.1, 0.15) is 78.1 Å². The van der Waals surface area contributed by atoms with Gasteiger partial charge in [-0.25, -0.2) is 0 Å². The molecule has 0 radical (unpaired) electrons. The zero-order valence-corrected chi connectivity index (χ0v) is 14.7. The summed E-state index contributed by atoms with van der Waals surface area (Å²) < 4.78 is 0. The maximum Gasteiger partial charge on any atom is 0.133 e. The molecule has 0 amide bonds. The maximum absolute atomic E-state index is 12.2. The van der Waals surface area contributed by atoms with Crippen LogP contribution in [0, 0.1) is 39.9 Å². The topological polar surface area (TPSA) is 34.1 Å². The standard InChI is InChI=1S/C21H30O2/c1-13(22)16-6-9-21-12-20(16,21)10-7-17-18(21)4-3-14-11-15(23)5-8-19(14,17)2/h14,16-18H,3-12H2,1-2H3. The summed E-state index contributed by atoms with van der Waals surface area (Å²) in [5.74, 6) is 3.69. The molecular weight excluding hydrogens is 284 g/mol. The van der Waals surface area contributed by atoms with Crippen LogP contribution in [0.25, 0.3) is 0 Å². The molecule has 0 aliphatic heterocycles. The summed E-state index contributed by atoms with van der Waals surface area (Å²) in [6, 6.07) is 0. The lowest BCUT2D eigenvalue weighted by atomic mass is 9.47. The summed E-state index contributed by atoms with van der Waals surface area (Å²) >= 11 is 0. The first-order chi connectivity index (χ1) is 10.9. The minimum atomic E-state index is 0.377. The van der Waals surface area contributed by atoms with Crippen LogP contribution in [0.4, 0.5) is 0 Å². The minimum absolute atomic E-state index is 0.377. The van der Waals surface area contributed by atoms with Gasteiger partial charge in [0.25, 0.3) is 0 Å². The average molecular weight is 314 g/mol. The van der Waals surface area contributed by atoms with Crippen molar-refractivity contribution in [3.05, 3.63) is 0 Å². The van der Waals surface area contributed by atoms with Gasteiger partial charge >= 0.3 is 0 Å². The second-order valence-corrected chi connectivity index (χ2v) is 9.97. The SMILES string of the molecule is CC(=O)C1CCC23CC12CCC1C3CCC2CC(=O)CCC21C. The van der Waals surface area contributed by atoms with Crippen molar-refractivity contribution in [2.75, 3.05) is 0 Å². The lowest BCUT2D eigenvalue weighted by molar-refractivity contribution is -0.136. The van der Waals surface area contributed by atoms with E-state index in [0.717, 1.165) is 37.5 Å². The normalized spacial score (nSPS) is 57.0. The molecule has 0 aromatic carbocycles. The van der Waals surface area contributed by atoms with E-state index < -0.39 is 0 Å². The van der Waals surface area contributed by atoms with E-state index >= 15 is 0 Å². The van der Waals surface area contributed by atoms with E-state index in [4.69, 9.17) is 0 Å². The Bertz CT molecular complexity index is 595. The summed E-state index contributed by atoms with van der Waals surface area (Å²) in [7, 11) is 0. The molecule has 0 aromatic heterocycles. The highest BCUT2D eigenvalue weighted by Crippen LogP contribution is 2.86. The molecule has 2 heteroatoms. The van der Waals surface area contributed by atoms with Gasteiger partial charge in [-0.1, -0.05) is 6.92 Å². The van der Waals surface area contributed by atoms with E-state index in [2.05, 4.69) is 6.92 Å². The predicted octanol–water partition coefficient (Wildman–Crippen LogP) is 4.56. The highest BCUT2D eigenvalue weighted by molar-refractivity contribution is 5.81.